The fourth-order valence-electron chi connectivity index (χ4n) is 1.90. The molecule has 0 bridgehead atoms. The third-order valence-corrected chi connectivity index (χ3v) is 3.02. The molecule has 0 atom stereocenters. The van der Waals surface area contributed by atoms with Crippen molar-refractivity contribution in [1.82, 2.24) is 5.32 Å². The van der Waals surface area contributed by atoms with E-state index in [1.807, 2.05) is 0 Å². The molecule has 1 aromatic rings. The van der Waals surface area contributed by atoms with E-state index in [9.17, 15) is 13.6 Å². The summed E-state index contributed by atoms with van der Waals surface area (Å²) in [6.45, 7) is 1.49. The molecule has 3 N–H and O–H groups in total. The van der Waals surface area contributed by atoms with Crippen molar-refractivity contribution in [3.05, 3.63) is 34.9 Å². The number of rotatable bonds is 2. The highest BCUT2D eigenvalue weighted by Gasteiger charge is 2.29. The number of halogens is 2. The molecule has 1 saturated carbocycles. The Balaban J connectivity index is 2.16. The molecule has 2 rings (SSSR count). The number of hydrogen-bond donors (Lipinski definition) is 2. The van der Waals surface area contributed by atoms with Gasteiger partial charge in [-0.15, -0.1) is 0 Å². The van der Waals surface area contributed by atoms with Crippen molar-refractivity contribution in [2.24, 2.45) is 5.73 Å². The summed E-state index contributed by atoms with van der Waals surface area (Å²) < 4.78 is 27.0. The van der Waals surface area contributed by atoms with Gasteiger partial charge in [-0.3, -0.25) is 4.79 Å². The molecule has 0 spiro atoms. The standard InChI is InChI=1S/C12H14F2N2O/c1-6-2-3-9(13)10(11(6)14)12(17)16-8-4-7(15)5-8/h2-3,7-8H,4-5,15H2,1H3,(H,16,17). The van der Waals surface area contributed by atoms with Crippen LogP contribution in [-0.4, -0.2) is 18.0 Å². The van der Waals surface area contributed by atoms with Crippen molar-refractivity contribution in [1.29, 1.82) is 0 Å². The lowest BCUT2D eigenvalue weighted by molar-refractivity contribution is 0.0901. The van der Waals surface area contributed by atoms with Crippen molar-refractivity contribution < 1.29 is 13.6 Å². The molecule has 92 valence electrons. The molecular weight excluding hydrogens is 226 g/mol. The molecular formula is C12H14F2N2O. The van der Waals surface area contributed by atoms with Crippen molar-refractivity contribution in [2.75, 3.05) is 0 Å². The number of carbonyl (C=O) groups is 1. The maximum atomic E-state index is 13.6. The van der Waals surface area contributed by atoms with Gasteiger partial charge in [-0.2, -0.15) is 0 Å². The Kier molecular flexibility index (Phi) is 3.11. The van der Waals surface area contributed by atoms with Gasteiger partial charge in [0.1, 0.15) is 17.2 Å². The van der Waals surface area contributed by atoms with E-state index in [1.165, 1.54) is 13.0 Å². The molecule has 17 heavy (non-hydrogen) atoms. The van der Waals surface area contributed by atoms with E-state index in [-0.39, 0.29) is 17.6 Å². The molecule has 0 unspecified atom stereocenters. The SMILES string of the molecule is Cc1ccc(F)c(C(=O)NC2CC(N)C2)c1F. The highest BCUT2D eigenvalue weighted by molar-refractivity contribution is 5.95. The average Bonchev–Trinajstić information content (AvgIpc) is 2.22. The fourth-order valence-corrected chi connectivity index (χ4v) is 1.90. The van der Waals surface area contributed by atoms with Crippen molar-refractivity contribution >= 4 is 5.91 Å². The minimum Gasteiger partial charge on any atom is -0.349 e. The lowest BCUT2D eigenvalue weighted by Crippen LogP contribution is -2.50. The largest absolute Gasteiger partial charge is 0.349 e. The molecule has 1 amide bonds. The van der Waals surface area contributed by atoms with E-state index >= 15 is 0 Å². The Hall–Kier alpha value is -1.49. The van der Waals surface area contributed by atoms with E-state index < -0.39 is 23.1 Å². The first kappa shape index (κ1) is 12.0. The van der Waals surface area contributed by atoms with E-state index in [1.54, 1.807) is 0 Å². The van der Waals surface area contributed by atoms with Gasteiger partial charge in [0.2, 0.25) is 0 Å². The van der Waals surface area contributed by atoms with Crippen LogP contribution >= 0.6 is 0 Å². The Morgan fingerprint density at radius 3 is 2.65 bits per heavy atom. The average molecular weight is 240 g/mol. The molecule has 0 radical (unpaired) electrons. The number of carbonyl (C=O) groups excluding carboxylic acids is 1. The summed E-state index contributed by atoms with van der Waals surface area (Å²) in [5, 5.41) is 2.57. The summed E-state index contributed by atoms with van der Waals surface area (Å²) in [5.74, 6) is -2.35. The van der Waals surface area contributed by atoms with Gasteiger partial charge in [-0.05, 0) is 31.4 Å². The number of nitrogens with one attached hydrogen (secondary N) is 1. The molecule has 1 aliphatic carbocycles. The van der Waals surface area contributed by atoms with Crippen LogP contribution in [0.1, 0.15) is 28.8 Å². The van der Waals surface area contributed by atoms with Crippen molar-refractivity contribution in [3.8, 4) is 0 Å². The molecule has 0 aromatic heterocycles. The van der Waals surface area contributed by atoms with Gasteiger partial charge in [0.15, 0.2) is 0 Å². The normalized spacial score (nSPS) is 23.1. The lowest BCUT2D eigenvalue weighted by atomic mass is 9.87. The number of benzene rings is 1. The molecule has 1 aliphatic rings. The summed E-state index contributed by atoms with van der Waals surface area (Å²) in [6, 6.07) is 2.41. The predicted molar refractivity (Wildman–Crippen MR) is 59.6 cm³/mol. The van der Waals surface area contributed by atoms with Crippen LogP contribution in [-0.2, 0) is 0 Å². The monoisotopic (exact) mass is 240 g/mol. The number of amides is 1. The molecule has 1 aromatic carbocycles. The highest BCUT2D eigenvalue weighted by atomic mass is 19.1. The third-order valence-electron chi connectivity index (χ3n) is 3.02. The summed E-state index contributed by atoms with van der Waals surface area (Å²) in [6.07, 6.45) is 1.31. The van der Waals surface area contributed by atoms with Crippen LogP contribution < -0.4 is 11.1 Å². The van der Waals surface area contributed by atoms with Crippen LogP contribution in [0, 0.1) is 18.6 Å². The fraction of sp³-hybridized carbons (Fsp3) is 0.417. The van der Waals surface area contributed by atoms with Crippen LogP contribution in [0.25, 0.3) is 0 Å². The van der Waals surface area contributed by atoms with Crippen LogP contribution in [0.4, 0.5) is 8.78 Å². The van der Waals surface area contributed by atoms with Crippen molar-refractivity contribution in [3.63, 3.8) is 0 Å². The smallest absolute Gasteiger partial charge is 0.257 e. The second-order valence-electron chi connectivity index (χ2n) is 4.46. The zero-order valence-corrected chi connectivity index (χ0v) is 9.47. The maximum Gasteiger partial charge on any atom is 0.257 e. The number of aryl methyl sites for hydroxylation is 1. The second kappa shape index (κ2) is 4.41. The van der Waals surface area contributed by atoms with E-state index in [2.05, 4.69) is 5.32 Å². The first-order valence-electron chi connectivity index (χ1n) is 5.50. The zero-order chi connectivity index (χ0) is 12.6. The van der Waals surface area contributed by atoms with Crippen LogP contribution in [0.3, 0.4) is 0 Å². The Bertz CT molecular complexity index is 456. The maximum absolute atomic E-state index is 13.6. The molecule has 1 fully saturated rings. The minimum atomic E-state index is -0.839. The summed E-state index contributed by atoms with van der Waals surface area (Å²) in [7, 11) is 0. The Morgan fingerprint density at radius 1 is 1.41 bits per heavy atom. The predicted octanol–water partition coefficient (Wildman–Crippen LogP) is 1.49. The van der Waals surface area contributed by atoms with Gasteiger partial charge in [0.25, 0.3) is 5.91 Å². The Morgan fingerprint density at radius 2 is 2.06 bits per heavy atom. The zero-order valence-electron chi connectivity index (χ0n) is 9.47. The molecule has 0 saturated heterocycles. The summed E-state index contributed by atoms with van der Waals surface area (Å²) in [4.78, 5) is 11.7. The number of nitrogens with two attached hydrogens (primary N) is 1. The lowest BCUT2D eigenvalue weighted by Gasteiger charge is -2.33. The van der Waals surface area contributed by atoms with Crippen LogP contribution in [0.15, 0.2) is 12.1 Å². The van der Waals surface area contributed by atoms with E-state index in [0.717, 1.165) is 6.07 Å². The van der Waals surface area contributed by atoms with Gasteiger partial charge < -0.3 is 11.1 Å². The third kappa shape index (κ3) is 2.29. The molecule has 3 nitrogen and oxygen atoms in total. The van der Waals surface area contributed by atoms with Gasteiger partial charge in [-0.1, -0.05) is 6.07 Å². The van der Waals surface area contributed by atoms with Crippen LogP contribution in [0.2, 0.25) is 0 Å². The van der Waals surface area contributed by atoms with Crippen LogP contribution in [0.5, 0.6) is 0 Å². The van der Waals surface area contributed by atoms with Gasteiger partial charge in [-0.25, -0.2) is 8.78 Å². The molecule has 0 aliphatic heterocycles. The highest BCUT2D eigenvalue weighted by Crippen LogP contribution is 2.20. The van der Waals surface area contributed by atoms with Gasteiger partial charge in [0.05, 0.1) is 0 Å². The second-order valence-corrected chi connectivity index (χ2v) is 4.46. The van der Waals surface area contributed by atoms with Crippen molar-refractivity contribution in [2.45, 2.75) is 31.8 Å². The number of hydrogen-bond acceptors (Lipinski definition) is 2. The van der Waals surface area contributed by atoms with Gasteiger partial charge in [0, 0.05) is 12.1 Å². The molecule has 5 heteroatoms. The summed E-state index contributed by atoms with van der Waals surface area (Å²) >= 11 is 0. The Labute approximate surface area is 98.0 Å². The van der Waals surface area contributed by atoms with Gasteiger partial charge >= 0.3 is 0 Å². The first-order valence-corrected chi connectivity index (χ1v) is 5.50. The van der Waals surface area contributed by atoms with E-state index in [0.29, 0.717) is 12.8 Å². The first-order chi connectivity index (χ1) is 7.99. The minimum absolute atomic E-state index is 0.0724. The topological polar surface area (TPSA) is 55.1 Å². The van der Waals surface area contributed by atoms with E-state index in [4.69, 9.17) is 5.73 Å². The quantitative estimate of drug-likeness (QED) is 0.823. The molecule has 0 heterocycles. The summed E-state index contributed by atoms with van der Waals surface area (Å²) in [5.41, 5.74) is 5.31.